The van der Waals surface area contributed by atoms with E-state index in [1.807, 2.05) is 23.1 Å². The molecule has 7 heteroatoms. The molecule has 24 heavy (non-hydrogen) atoms. The number of hydrogen-bond donors (Lipinski definition) is 0. The van der Waals surface area contributed by atoms with E-state index in [-0.39, 0.29) is 11.8 Å². The fraction of sp³-hybridized carbons (Fsp3) is 0.471. The zero-order valence-corrected chi connectivity index (χ0v) is 14.1. The fourth-order valence-electron chi connectivity index (χ4n) is 3.46. The number of carbonyl (C=O) groups is 1. The molecule has 1 aromatic heterocycles. The summed E-state index contributed by atoms with van der Waals surface area (Å²) >= 11 is 6.13. The van der Waals surface area contributed by atoms with E-state index in [9.17, 15) is 4.79 Å². The zero-order valence-electron chi connectivity index (χ0n) is 13.3. The second kappa shape index (κ2) is 6.53. The molecule has 126 valence electrons. The maximum Gasteiger partial charge on any atom is 0.227 e. The van der Waals surface area contributed by atoms with Gasteiger partial charge >= 0.3 is 0 Å². The minimum absolute atomic E-state index is 0.0206. The molecular formula is C17H19ClN4O2. The molecule has 1 amide bonds. The van der Waals surface area contributed by atoms with Crippen molar-refractivity contribution >= 4 is 34.2 Å². The average Bonchev–Trinajstić information content (AvgIpc) is 3.11. The van der Waals surface area contributed by atoms with Gasteiger partial charge in [0.05, 0.1) is 24.6 Å². The third-order valence-electron chi connectivity index (χ3n) is 4.74. The largest absolute Gasteiger partial charge is 0.378 e. The van der Waals surface area contributed by atoms with Crippen LogP contribution in [0.2, 0.25) is 5.02 Å². The first kappa shape index (κ1) is 15.6. The number of ether oxygens (including phenoxy) is 1. The maximum absolute atomic E-state index is 12.7. The van der Waals surface area contributed by atoms with Crippen molar-refractivity contribution in [3.63, 3.8) is 0 Å². The first-order chi connectivity index (χ1) is 11.7. The minimum Gasteiger partial charge on any atom is -0.378 e. The number of carbonyl (C=O) groups excluding carboxylic acids is 1. The molecule has 2 aliphatic heterocycles. The molecule has 0 saturated carbocycles. The van der Waals surface area contributed by atoms with Gasteiger partial charge in [-0.25, -0.2) is 9.97 Å². The van der Waals surface area contributed by atoms with E-state index in [1.165, 1.54) is 0 Å². The predicted molar refractivity (Wildman–Crippen MR) is 92.3 cm³/mol. The Morgan fingerprint density at radius 1 is 1.21 bits per heavy atom. The summed E-state index contributed by atoms with van der Waals surface area (Å²) in [5.41, 5.74) is 0.868. The molecule has 4 rings (SSSR count). The monoisotopic (exact) mass is 346 g/mol. The number of nitrogens with zero attached hydrogens (tertiary/aromatic N) is 4. The third kappa shape index (κ3) is 2.91. The molecule has 2 fully saturated rings. The second-order valence-electron chi connectivity index (χ2n) is 6.23. The van der Waals surface area contributed by atoms with Crippen LogP contribution in [0, 0.1) is 5.92 Å². The summed E-state index contributed by atoms with van der Waals surface area (Å²) < 4.78 is 5.33. The highest BCUT2D eigenvalue weighted by Crippen LogP contribution is 2.30. The summed E-state index contributed by atoms with van der Waals surface area (Å²) in [7, 11) is 0. The van der Waals surface area contributed by atoms with Crippen molar-refractivity contribution in [1.82, 2.24) is 14.9 Å². The molecule has 6 nitrogen and oxygen atoms in total. The smallest absolute Gasteiger partial charge is 0.227 e. The van der Waals surface area contributed by atoms with Gasteiger partial charge in [0.2, 0.25) is 5.91 Å². The number of anilines is 1. The van der Waals surface area contributed by atoms with Crippen LogP contribution in [0.5, 0.6) is 0 Å². The Hall–Kier alpha value is -1.92. The number of fused-ring (bicyclic) bond motifs is 1. The van der Waals surface area contributed by atoms with Crippen LogP contribution in [0.4, 0.5) is 5.82 Å². The van der Waals surface area contributed by atoms with E-state index in [0.29, 0.717) is 37.9 Å². The Morgan fingerprint density at radius 2 is 2.04 bits per heavy atom. The molecule has 3 heterocycles. The summed E-state index contributed by atoms with van der Waals surface area (Å²) in [6.07, 6.45) is 2.42. The molecular weight excluding hydrogens is 328 g/mol. The fourth-order valence-corrected chi connectivity index (χ4v) is 3.64. The van der Waals surface area contributed by atoms with Crippen molar-refractivity contribution < 1.29 is 9.53 Å². The summed E-state index contributed by atoms with van der Waals surface area (Å²) in [6, 6.07) is 5.62. The van der Waals surface area contributed by atoms with Crippen LogP contribution in [0.3, 0.4) is 0 Å². The Labute approximate surface area is 145 Å². The van der Waals surface area contributed by atoms with Crippen LogP contribution in [0.1, 0.15) is 6.42 Å². The molecule has 1 aromatic carbocycles. The lowest BCUT2D eigenvalue weighted by Gasteiger charge is -2.29. The lowest BCUT2D eigenvalue weighted by molar-refractivity contribution is -0.138. The maximum atomic E-state index is 12.7. The van der Waals surface area contributed by atoms with Crippen LogP contribution < -0.4 is 4.90 Å². The Balaban J connectivity index is 1.54. The minimum atomic E-state index is 0.0206. The predicted octanol–water partition coefficient (Wildman–Crippen LogP) is 1.97. The van der Waals surface area contributed by atoms with Crippen LogP contribution in [-0.2, 0) is 9.53 Å². The SMILES string of the molecule is O=C(C1CCN(c2ncnc3ccc(Cl)cc23)C1)N1CCOCC1. The number of aromatic nitrogens is 2. The first-order valence-electron chi connectivity index (χ1n) is 8.24. The number of amides is 1. The third-order valence-corrected chi connectivity index (χ3v) is 4.97. The molecule has 1 atom stereocenters. The number of hydrogen-bond acceptors (Lipinski definition) is 5. The van der Waals surface area contributed by atoms with Crippen LogP contribution in [0.15, 0.2) is 24.5 Å². The lowest BCUT2D eigenvalue weighted by atomic mass is 10.1. The van der Waals surface area contributed by atoms with Gasteiger partial charge in [-0.2, -0.15) is 0 Å². The topological polar surface area (TPSA) is 58.6 Å². The van der Waals surface area contributed by atoms with E-state index in [2.05, 4.69) is 14.9 Å². The molecule has 1 unspecified atom stereocenters. The second-order valence-corrected chi connectivity index (χ2v) is 6.66. The van der Waals surface area contributed by atoms with Gasteiger partial charge in [-0.15, -0.1) is 0 Å². The highest BCUT2D eigenvalue weighted by Gasteiger charge is 2.33. The quantitative estimate of drug-likeness (QED) is 0.832. The molecule has 2 aliphatic rings. The van der Waals surface area contributed by atoms with Crippen LogP contribution in [0.25, 0.3) is 10.9 Å². The van der Waals surface area contributed by atoms with Crippen molar-refractivity contribution in [3.05, 3.63) is 29.5 Å². The highest BCUT2D eigenvalue weighted by atomic mass is 35.5. The van der Waals surface area contributed by atoms with Gasteiger partial charge in [-0.05, 0) is 24.6 Å². The highest BCUT2D eigenvalue weighted by molar-refractivity contribution is 6.31. The van der Waals surface area contributed by atoms with Gasteiger partial charge in [0, 0.05) is 36.6 Å². The Morgan fingerprint density at radius 3 is 2.88 bits per heavy atom. The van der Waals surface area contributed by atoms with Gasteiger partial charge in [0.15, 0.2) is 0 Å². The van der Waals surface area contributed by atoms with Crippen molar-refractivity contribution in [3.8, 4) is 0 Å². The standard InChI is InChI=1S/C17H19ClN4O2/c18-13-1-2-15-14(9-13)16(20-11-19-15)22-4-3-12(10-22)17(23)21-5-7-24-8-6-21/h1-2,9,11-12H,3-8,10H2. The lowest BCUT2D eigenvalue weighted by Crippen LogP contribution is -2.44. The van der Waals surface area contributed by atoms with Gasteiger partial charge in [-0.1, -0.05) is 11.6 Å². The summed E-state index contributed by atoms with van der Waals surface area (Å²) in [4.78, 5) is 25.5. The number of morpholine rings is 1. The Kier molecular flexibility index (Phi) is 4.24. The number of halogens is 1. The summed E-state index contributed by atoms with van der Waals surface area (Å²) in [5.74, 6) is 1.12. The van der Waals surface area contributed by atoms with Crippen LogP contribution in [-0.4, -0.2) is 60.2 Å². The van der Waals surface area contributed by atoms with Gasteiger partial charge in [0.1, 0.15) is 12.1 Å². The van der Waals surface area contributed by atoms with Gasteiger partial charge < -0.3 is 14.5 Å². The zero-order chi connectivity index (χ0) is 16.5. The van der Waals surface area contributed by atoms with Crippen molar-refractivity contribution in [2.24, 2.45) is 5.92 Å². The molecule has 0 spiro atoms. The van der Waals surface area contributed by atoms with Crippen molar-refractivity contribution in [2.45, 2.75) is 6.42 Å². The molecule has 0 aliphatic carbocycles. The molecule has 0 N–H and O–H groups in total. The van der Waals surface area contributed by atoms with E-state index in [0.717, 1.165) is 29.7 Å². The molecule has 0 radical (unpaired) electrons. The first-order valence-corrected chi connectivity index (χ1v) is 8.62. The van der Waals surface area contributed by atoms with Crippen LogP contribution >= 0.6 is 11.6 Å². The number of benzene rings is 1. The van der Waals surface area contributed by atoms with E-state index in [1.54, 1.807) is 6.33 Å². The Bertz CT molecular complexity index is 763. The molecule has 2 aromatic rings. The molecule has 0 bridgehead atoms. The van der Waals surface area contributed by atoms with Gasteiger partial charge in [-0.3, -0.25) is 4.79 Å². The molecule has 2 saturated heterocycles. The van der Waals surface area contributed by atoms with E-state index < -0.39 is 0 Å². The van der Waals surface area contributed by atoms with E-state index >= 15 is 0 Å². The van der Waals surface area contributed by atoms with E-state index in [4.69, 9.17) is 16.3 Å². The number of rotatable bonds is 2. The normalized spacial score (nSPS) is 21.5. The van der Waals surface area contributed by atoms with Crippen molar-refractivity contribution in [1.29, 1.82) is 0 Å². The summed E-state index contributed by atoms with van der Waals surface area (Å²) in [6.45, 7) is 4.17. The van der Waals surface area contributed by atoms with Crippen molar-refractivity contribution in [2.75, 3.05) is 44.3 Å². The summed E-state index contributed by atoms with van der Waals surface area (Å²) in [5, 5.41) is 1.60. The average molecular weight is 347 g/mol. The van der Waals surface area contributed by atoms with Gasteiger partial charge in [0.25, 0.3) is 0 Å².